The van der Waals surface area contributed by atoms with Crippen LogP contribution in [-0.4, -0.2) is 30.7 Å². The Balaban J connectivity index is 2.33. The fourth-order valence-corrected chi connectivity index (χ4v) is 3.91. The molecule has 7 heteroatoms. The minimum Gasteiger partial charge on any atom is -0.258 e. The molecule has 0 radical (unpaired) electrons. The fourth-order valence-electron chi connectivity index (χ4n) is 2.27. The number of sulfonamides is 1. The summed E-state index contributed by atoms with van der Waals surface area (Å²) in [5, 5.41) is 10.7. The van der Waals surface area contributed by atoms with E-state index in [1.54, 1.807) is 0 Å². The van der Waals surface area contributed by atoms with Crippen molar-refractivity contribution in [3.8, 4) is 0 Å². The largest absolute Gasteiger partial charge is 0.270 e. The van der Waals surface area contributed by atoms with Crippen molar-refractivity contribution >= 4 is 15.7 Å². The molecule has 0 aliphatic carbocycles. The Kier molecular flexibility index (Phi) is 3.86. The third kappa shape index (κ3) is 2.93. The van der Waals surface area contributed by atoms with Crippen LogP contribution in [0.25, 0.3) is 0 Å². The highest BCUT2D eigenvalue weighted by molar-refractivity contribution is 7.89. The van der Waals surface area contributed by atoms with Crippen molar-refractivity contribution in [2.45, 2.75) is 24.7 Å². The molecule has 1 heterocycles. The molecule has 0 bridgehead atoms. The van der Waals surface area contributed by atoms with Crippen LogP contribution in [0.4, 0.5) is 5.69 Å². The second-order valence-corrected chi connectivity index (χ2v) is 6.80. The minimum atomic E-state index is -3.62. The summed E-state index contributed by atoms with van der Waals surface area (Å²) in [4.78, 5) is 10.1. The third-order valence-electron chi connectivity index (χ3n) is 3.29. The standard InChI is InChI=1S/C12H16N2O4S/c1-10-4-3-7-13(9-10)19(17,18)12-6-2-5-11(8-12)14(15)16/h2,5-6,8,10H,3-4,7,9H2,1H3/t10-/m1/s1. The predicted molar refractivity (Wildman–Crippen MR) is 70.3 cm³/mol. The Morgan fingerprint density at radius 3 is 2.79 bits per heavy atom. The molecule has 0 unspecified atom stereocenters. The van der Waals surface area contributed by atoms with Gasteiger partial charge in [-0.15, -0.1) is 0 Å². The fraction of sp³-hybridized carbons (Fsp3) is 0.500. The van der Waals surface area contributed by atoms with Crippen molar-refractivity contribution in [3.63, 3.8) is 0 Å². The van der Waals surface area contributed by atoms with Gasteiger partial charge in [-0.2, -0.15) is 4.31 Å². The molecular weight excluding hydrogens is 268 g/mol. The lowest BCUT2D eigenvalue weighted by molar-refractivity contribution is -0.385. The van der Waals surface area contributed by atoms with E-state index in [4.69, 9.17) is 0 Å². The van der Waals surface area contributed by atoms with E-state index in [1.165, 1.54) is 22.5 Å². The van der Waals surface area contributed by atoms with Crippen molar-refractivity contribution in [2.24, 2.45) is 5.92 Å². The first-order chi connectivity index (χ1) is 8.91. The van der Waals surface area contributed by atoms with Gasteiger partial charge in [-0.1, -0.05) is 13.0 Å². The van der Waals surface area contributed by atoms with E-state index in [9.17, 15) is 18.5 Å². The molecule has 1 aliphatic rings. The van der Waals surface area contributed by atoms with Crippen molar-refractivity contribution in [1.29, 1.82) is 0 Å². The molecule has 1 aromatic carbocycles. The van der Waals surface area contributed by atoms with E-state index >= 15 is 0 Å². The first-order valence-electron chi connectivity index (χ1n) is 6.16. The summed E-state index contributed by atoms with van der Waals surface area (Å²) < 4.78 is 26.2. The molecule has 104 valence electrons. The van der Waals surface area contributed by atoms with Crippen molar-refractivity contribution in [3.05, 3.63) is 34.4 Å². The summed E-state index contributed by atoms with van der Waals surface area (Å²) in [5.41, 5.74) is -0.203. The summed E-state index contributed by atoms with van der Waals surface area (Å²) in [6, 6.07) is 5.21. The Bertz CT molecular complexity index is 585. The number of piperidine rings is 1. The van der Waals surface area contributed by atoms with Crippen LogP contribution < -0.4 is 0 Å². The number of benzene rings is 1. The van der Waals surface area contributed by atoms with Crippen molar-refractivity contribution < 1.29 is 13.3 Å². The van der Waals surface area contributed by atoms with E-state index in [0.29, 0.717) is 19.0 Å². The van der Waals surface area contributed by atoms with E-state index < -0.39 is 14.9 Å². The molecule has 1 saturated heterocycles. The molecule has 6 nitrogen and oxygen atoms in total. The molecule has 0 spiro atoms. The van der Waals surface area contributed by atoms with Crippen LogP contribution in [0.5, 0.6) is 0 Å². The topological polar surface area (TPSA) is 80.5 Å². The summed E-state index contributed by atoms with van der Waals surface area (Å²) in [6.45, 7) is 2.97. The quantitative estimate of drug-likeness (QED) is 0.628. The van der Waals surface area contributed by atoms with Gasteiger partial charge < -0.3 is 0 Å². The maximum Gasteiger partial charge on any atom is 0.270 e. The van der Waals surface area contributed by atoms with Crippen LogP contribution in [0, 0.1) is 16.0 Å². The average molecular weight is 284 g/mol. The average Bonchev–Trinajstić information content (AvgIpc) is 2.39. The van der Waals surface area contributed by atoms with Crippen molar-refractivity contribution in [2.75, 3.05) is 13.1 Å². The zero-order chi connectivity index (χ0) is 14.0. The Hall–Kier alpha value is -1.47. The van der Waals surface area contributed by atoms with Gasteiger partial charge in [0.1, 0.15) is 0 Å². The lowest BCUT2D eigenvalue weighted by Gasteiger charge is -2.29. The van der Waals surface area contributed by atoms with E-state index in [-0.39, 0.29) is 10.6 Å². The third-order valence-corrected chi connectivity index (χ3v) is 5.15. The van der Waals surface area contributed by atoms with Gasteiger partial charge in [0.15, 0.2) is 0 Å². The molecule has 0 N–H and O–H groups in total. The van der Waals surface area contributed by atoms with Gasteiger partial charge in [-0.3, -0.25) is 10.1 Å². The minimum absolute atomic E-state index is 0.00389. The highest BCUT2D eigenvalue weighted by Gasteiger charge is 2.29. The number of nitrogens with zero attached hydrogens (tertiary/aromatic N) is 2. The molecule has 1 atom stereocenters. The zero-order valence-corrected chi connectivity index (χ0v) is 11.5. The highest BCUT2D eigenvalue weighted by Crippen LogP contribution is 2.25. The second kappa shape index (κ2) is 5.26. The summed E-state index contributed by atoms with van der Waals surface area (Å²) >= 11 is 0. The molecule has 1 fully saturated rings. The van der Waals surface area contributed by atoms with Gasteiger partial charge >= 0.3 is 0 Å². The van der Waals surface area contributed by atoms with Gasteiger partial charge in [-0.05, 0) is 24.8 Å². The first kappa shape index (κ1) is 14.0. The summed E-state index contributed by atoms with van der Waals surface area (Å²) in [7, 11) is -3.62. The number of nitro benzene ring substituents is 1. The highest BCUT2D eigenvalue weighted by atomic mass is 32.2. The van der Waals surface area contributed by atoms with Crippen LogP contribution in [-0.2, 0) is 10.0 Å². The second-order valence-electron chi connectivity index (χ2n) is 4.86. The SMILES string of the molecule is C[C@@H]1CCCN(S(=O)(=O)c2cccc([N+](=O)[O-])c2)C1. The van der Waals surface area contributed by atoms with E-state index in [0.717, 1.165) is 18.9 Å². The summed E-state index contributed by atoms with van der Waals surface area (Å²) in [5.74, 6) is 0.322. The van der Waals surface area contributed by atoms with E-state index in [2.05, 4.69) is 0 Å². The first-order valence-corrected chi connectivity index (χ1v) is 7.60. The lowest BCUT2D eigenvalue weighted by Crippen LogP contribution is -2.39. The predicted octanol–water partition coefficient (Wildman–Crippen LogP) is 2.02. The smallest absolute Gasteiger partial charge is 0.258 e. The molecular formula is C12H16N2O4S. The monoisotopic (exact) mass is 284 g/mol. The number of hydrogen-bond acceptors (Lipinski definition) is 4. The molecule has 2 rings (SSSR count). The Labute approximate surface area is 112 Å². The van der Waals surface area contributed by atoms with Gasteiger partial charge in [0, 0.05) is 25.2 Å². The molecule has 0 aromatic heterocycles. The van der Waals surface area contributed by atoms with Crippen LogP contribution in [0.3, 0.4) is 0 Å². The van der Waals surface area contributed by atoms with Gasteiger partial charge in [0.25, 0.3) is 5.69 Å². The maximum atomic E-state index is 12.4. The summed E-state index contributed by atoms with van der Waals surface area (Å²) in [6.07, 6.45) is 1.84. The van der Waals surface area contributed by atoms with Gasteiger partial charge in [0.2, 0.25) is 10.0 Å². The van der Waals surface area contributed by atoms with Gasteiger partial charge in [-0.25, -0.2) is 8.42 Å². The Morgan fingerprint density at radius 2 is 2.16 bits per heavy atom. The number of non-ortho nitro benzene ring substituents is 1. The molecule has 19 heavy (non-hydrogen) atoms. The van der Waals surface area contributed by atoms with Crippen LogP contribution in [0.15, 0.2) is 29.2 Å². The zero-order valence-electron chi connectivity index (χ0n) is 10.7. The molecule has 0 saturated carbocycles. The molecule has 1 aromatic rings. The number of nitro groups is 1. The van der Waals surface area contributed by atoms with E-state index in [1.807, 2.05) is 6.92 Å². The van der Waals surface area contributed by atoms with Crippen molar-refractivity contribution in [1.82, 2.24) is 4.31 Å². The Morgan fingerprint density at radius 1 is 1.42 bits per heavy atom. The molecule has 0 amide bonds. The molecule has 1 aliphatic heterocycles. The normalized spacial score (nSPS) is 21.2. The lowest BCUT2D eigenvalue weighted by atomic mass is 10.0. The maximum absolute atomic E-state index is 12.4. The van der Waals surface area contributed by atoms with Crippen LogP contribution in [0.2, 0.25) is 0 Å². The van der Waals surface area contributed by atoms with Crippen LogP contribution in [0.1, 0.15) is 19.8 Å². The number of rotatable bonds is 3. The number of hydrogen-bond donors (Lipinski definition) is 0. The van der Waals surface area contributed by atoms with Crippen LogP contribution >= 0.6 is 0 Å². The van der Waals surface area contributed by atoms with Gasteiger partial charge in [0.05, 0.1) is 9.82 Å².